The van der Waals surface area contributed by atoms with Gasteiger partial charge in [-0.2, -0.15) is 0 Å². The van der Waals surface area contributed by atoms with Gasteiger partial charge >= 0.3 is 6.03 Å². The summed E-state index contributed by atoms with van der Waals surface area (Å²) >= 11 is 0. The number of hydrogen-bond donors (Lipinski definition) is 2. The van der Waals surface area contributed by atoms with E-state index in [0.717, 1.165) is 30.4 Å². The van der Waals surface area contributed by atoms with E-state index >= 15 is 0 Å². The average Bonchev–Trinajstić information content (AvgIpc) is 2.97. The van der Waals surface area contributed by atoms with Crippen LogP contribution in [0.25, 0.3) is 0 Å². The molecule has 0 radical (unpaired) electrons. The predicted molar refractivity (Wildman–Crippen MR) is 117 cm³/mol. The van der Waals surface area contributed by atoms with E-state index in [2.05, 4.69) is 6.07 Å². The summed E-state index contributed by atoms with van der Waals surface area (Å²) in [5, 5.41) is 8.79. The molecule has 5 fully saturated rings. The Bertz CT molecular complexity index is 894. The number of rotatable bonds is 7. The molecule has 4 amide bonds. The SMILES string of the molecule is Cc1cccc(CN2C(=O)N(C34CC5CC(CC(C5)C3)C4)C(=O)C2CCCC(=O)NO)c1. The number of carbonyl (C=O) groups is 3. The van der Waals surface area contributed by atoms with Crippen molar-refractivity contribution in [3.63, 3.8) is 0 Å². The number of urea groups is 1. The van der Waals surface area contributed by atoms with Gasteiger partial charge in [-0.05, 0) is 81.6 Å². The highest BCUT2D eigenvalue weighted by Gasteiger charge is 2.60. The number of nitrogens with zero attached hydrogens (tertiary/aromatic N) is 2. The molecule has 1 aromatic carbocycles. The van der Waals surface area contributed by atoms with Crippen LogP contribution in [0.4, 0.5) is 4.79 Å². The molecular weight excluding hydrogens is 406 g/mol. The largest absolute Gasteiger partial charge is 0.328 e. The Labute approximate surface area is 189 Å². The zero-order valence-corrected chi connectivity index (χ0v) is 18.8. The monoisotopic (exact) mass is 439 g/mol. The lowest BCUT2D eigenvalue weighted by Crippen LogP contribution is -2.62. The van der Waals surface area contributed by atoms with Crippen LogP contribution in [-0.2, 0) is 16.1 Å². The van der Waals surface area contributed by atoms with Crippen molar-refractivity contribution in [2.24, 2.45) is 17.8 Å². The van der Waals surface area contributed by atoms with Crippen molar-refractivity contribution < 1.29 is 19.6 Å². The van der Waals surface area contributed by atoms with E-state index in [4.69, 9.17) is 5.21 Å². The van der Waals surface area contributed by atoms with E-state index in [9.17, 15) is 14.4 Å². The van der Waals surface area contributed by atoms with E-state index in [0.29, 0.717) is 37.1 Å². The minimum absolute atomic E-state index is 0.0889. The molecule has 7 heteroatoms. The number of nitrogens with one attached hydrogen (secondary N) is 1. The van der Waals surface area contributed by atoms with Crippen LogP contribution in [0.1, 0.15) is 68.9 Å². The first-order chi connectivity index (χ1) is 15.4. The minimum Gasteiger partial charge on any atom is -0.308 e. The smallest absolute Gasteiger partial charge is 0.308 e. The van der Waals surface area contributed by atoms with E-state index in [1.165, 1.54) is 19.3 Å². The Balaban J connectivity index is 1.42. The molecule has 5 aliphatic rings. The Morgan fingerprint density at radius 2 is 1.78 bits per heavy atom. The van der Waals surface area contributed by atoms with Gasteiger partial charge in [-0.1, -0.05) is 29.8 Å². The van der Waals surface area contributed by atoms with Crippen LogP contribution in [0.2, 0.25) is 0 Å². The van der Waals surface area contributed by atoms with Crippen LogP contribution >= 0.6 is 0 Å². The van der Waals surface area contributed by atoms with Crippen molar-refractivity contribution in [1.29, 1.82) is 0 Å². The van der Waals surface area contributed by atoms with Gasteiger partial charge < -0.3 is 4.90 Å². The van der Waals surface area contributed by atoms with Gasteiger partial charge in [0.1, 0.15) is 6.04 Å². The van der Waals surface area contributed by atoms with E-state index in [1.54, 1.807) is 15.3 Å². The van der Waals surface area contributed by atoms with E-state index in [1.807, 2.05) is 25.1 Å². The molecule has 6 rings (SSSR count). The Hall–Kier alpha value is -2.41. The minimum atomic E-state index is -0.553. The van der Waals surface area contributed by atoms with Crippen molar-refractivity contribution >= 4 is 17.8 Å². The first-order valence-electron chi connectivity index (χ1n) is 12.0. The summed E-state index contributed by atoms with van der Waals surface area (Å²) < 4.78 is 0. The van der Waals surface area contributed by atoms with Gasteiger partial charge in [0.05, 0.1) is 5.54 Å². The molecule has 172 valence electrons. The quantitative estimate of drug-likeness (QED) is 0.384. The van der Waals surface area contributed by atoms with Gasteiger partial charge in [0.2, 0.25) is 5.91 Å². The lowest BCUT2D eigenvalue weighted by atomic mass is 9.52. The Morgan fingerprint density at radius 1 is 1.12 bits per heavy atom. The molecule has 1 saturated heterocycles. The van der Waals surface area contributed by atoms with Crippen molar-refractivity contribution in [2.75, 3.05) is 0 Å². The number of benzene rings is 1. The second-order valence-corrected chi connectivity index (χ2v) is 10.7. The van der Waals surface area contributed by atoms with E-state index < -0.39 is 11.9 Å². The number of carbonyl (C=O) groups excluding carboxylic acids is 3. The third-order valence-corrected chi connectivity index (χ3v) is 8.24. The summed E-state index contributed by atoms with van der Waals surface area (Å²) in [6, 6.07) is 7.34. The molecule has 4 saturated carbocycles. The van der Waals surface area contributed by atoms with Crippen LogP contribution in [0.5, 0.6) is 0 Å². The maximum Gasteiger partial charge on any atom is 0.328 e. The van der Waals surface area contributed by atoms with Crippen molar-refractivity contribution in [1.82, 2.24) is 15.3 Å². The molecule has 2 N–H and O–H groups in total. The third-order valence-electron chi connectivity index (χ3n) is 8.24. The third kappa shape index (κ3) is 3.70. The van der Waals surface area contributed by atoms with Gasteiger partial charge in [-0.3, -0.25) is 19.7 Å². The number of amides is 4. The number of imide groups is 1. The summed E-state index contributed by atoms with van der Waals surface area (Å²) in [6.07, 6.45) is 7.61. The number of hydroxylamine groups is 1. The van der Waals surface area contributed by atoms with Gasteiger partial charge in [-0.25, -0.2) is 10.3 Å². The van der Waals surface area contributed by atoms with Gasteiger partial charge in [-0.15, -0.1) is 0 Å². The first-order valence-corrected chi connectivity index (χ1v) is 12.0. The second-order valence-electron chi connectivity index (χ2n) is 10.7. The van der Waals surface area contributed by atoms with Crippen molar-refractivity contribution in [3.8, 4) is 0 Å². The average molecular weight is 440 g/mol. The molecule has 1 heterocycles. The fourth-order valence-electron chi connectivity index (χ4n) is 7.39. The first kappa shape index (κ1) is 21.4. The lowest BCUT2D eigenvalue weighted by molar-refractivity contribution is -0.141. The fraction of sp³-hybridized carbons (Fsp3) is 0.640. The highest BCUT2D eigenvalue weighted by molar-refractivity contribution is 6.05. The summed E-state index contributed by atoms with van der Waals surface area (Å²) in [6.45, 7) is 2.42. The second kappa shape index (κ2) is 8.18. The highest BCUT2D eigenvalue weighted by atomic mass is 16.5. The predicted octanol–water partition coefficient (Wildman–Crippen LogP) is 3.77. The number of hydrogen-bond acceptors (Lipinski definition) is 4. The van der Waals surface area contributed by atoms with Crippen LogP contribution in [-0.4, -0.2) is 44.4 Å². The standard InChI is InChI=1S/C25H33N3O4/c1-16-4-2-5-17(8-16)15-27-21(6-3-7-22(29)26-32)23(30)28(24(27)31)25-12-18-9-19(13-25)11-20(10-18)14-25/h2,4-5,8,18-21,32H,3,6-7,9-15H2,1H3,(H,26,29). The summed E-state index contributed by atoms with van der Waals surface area (Å²) in [7, 11) is 0. The molecule has 0 spiro atoms. The Kier molecular flexibility index (Phi) is 5.48. The van der Waals surface area contributed by atoms with Crippen LogP contribution in [0.3, 0.4) is 0 Å². The lowest BCUT2D eigenvalue weighted by Gasteiger charge is -2.58. The summed E-state index contributed by atoms with van der Waals surface area (Å²) in [5.74, 6) is 1.36. The zero-order valence-electron chi connectivity index (χ0n) is 18.8. The van der Waals surface area contributed by atoms with Crippen molar-refractivity contribution in [2.45, 2.75) is 82.8 Å². The molecule has 32 heavy (non-hydrogen) atoms. The van der Waals surface area contributed by atoms with Gasteiger partial charge in [0.15, 0.2) is 0 Å². The van der Waals surface area contributed by atoms with Crippen LogP contribution < -0.4 is 5.48 Å². The Morgan fingerprint density at radius 3 is 2.38 bits per heavy atom. The molecule has 7 nitrogen and oxygen atoms in total. The van der Waals surface area contributed by atoms with Gasteiger partial charge in [0.25, 0.3) is 5.91 Å². The van der Waals surface area contributed by atoms with Crippen LogP contribution in [0.15, 0.2) is 24.3 Å². The molecule has 1 atom stereocenters. The van der Waals surface area contributed by atoms with Crippen molar-refractivity contribution in [3.05, 3.63) is 35.4 Å². The van der Waals surface area contributed by atoms with Crippen LogP contribution in [0, 0.1) is 24.7 Å². The van der Waals surface area contributed by atoms with E-state index in [-0.39, 0.29) is 23.9 Å². The number of aryl methyl sites for hydroxylation is 1. The zero-order chi connectivity index (χ0) is 22.5. The van der Waals surface area contributed by atoms with Gasteiger partial charge in [0, 0.05) is 13.0 Å². The topological polar surface area (TPSA) is 90.0 Å². The highest BCUT2D eigenvalue weighted by Crippen LogP contribution is 2.58. The summed E-state index contributed by atoms with van der Waals surface area (Å²) in [5.41, 5.74) is 3.47. The molecule has 1 aliphatic heterocycles. The molecule has 4 bridgehead atoms. The fourth-order valence-corrected chi connectivity index (χ4v) is 7.39. The molecule has 0 aromatic heterocycles. The molecule has 4 aliphatic carbocycles. The molecular formula is C25H33N3O4. The normalized spacial score (nSPS) is 33.3. The molecule has 1 aromatic rings. The summed E-state index contributed by atoms with van der Waals surface area (Å²) in [4.78, 5) is 42.4. The maximum atomic E-state index is 13.8. The molecule has 1 unspecified atom stereocenters. The maximum absolute atomic E-state index is 13.8.